The third-order valence-corrected chi connectivity index (χ3v) is 9.50. The number of aliphatic hydroxyl groups excluding tert-OH is 2. The zero-order valence-corrected chi connectivity index (χ0v) is 36.0. The molecule has 0 aliphatic rings. The van der Waals surface area contributed by atoms with Gasteiger partial charge in [0.05, 0.1) is 26.4 Å². The van der Waals surface area contributed by atoms with Gasteiger partial charge in [-0.1, -0.05) is 150 Å². The first-order chi connectivity index (χ1) is 27.3. The van der Waals surface area contributed by atoms with E-state index < -0.39 is 45.8 Å². The molecule has 3 unspecified atom stereocenters. The van der Waals surface area contributed by atoms with Crippen LogP contribution in [0.1, 0.15) is 155 Å². The highest BCUT2D eigenvalue weighted by molar-refractivity contribution is 7.47. The molecule has 9 nitrogen and oxygen atoms in total. The number of hydrogen-bond donors (Lipinski definition) is 3. The van der Waals surface area contributed by atoms with Gasteiger partial charge in [-0.25, -0.2) is 4.57 Å². The number of carbonyl (C=O) groups is 1. The van der Waals surface area contributed by atoms with E-state index in [0.29, 0.717) is 13.0 Å². The molecule has 0 aliphatic carbocycles. The Balaban J connectivity index is 4.21. The molecule has 0 radical (unpaired) electrons. The fourth-order valence-electron chi connectivity index (χ4n) is 5.30. The minimum absolute atomic E-state index is 0.0279. The summed E-state index contributed by atoms with van der Waals surface area (Å²) in [5.41, 5.74) is 0. The number of ether oxygens (including phenoxy) is 2. The van der Waals surface area contributed by atoms with Crippen LogP contribution in [0.5, 0.6) is 0 Å². The second-order valence-electron chi connectivity index (χ2n) is 14.0. The summed E-state index contributed by atoms with van der Waals surface area (Å²) in [4.78, 5) is 22.5. The van der Waals surface area contributed by atoms with E-state index >= 15 is 0 Å². The minimum atomic E-state index is -4.53. The van der Waals surface area contributed by atoms with E-state index in [0.717, 1.165) is 103 Å². The maximum Gasteiger partial charge on any atom is 0.472 e. The molecule has 0 heterocycles. The molecule has 0 fully saturated rings. The highest BCUT2D eigenvalue weighted by Gasteiger charge is 2.26. The first-order valence-electron chi connectivity index (χ1n) is 21.6. The van der Waals surface area contributed by atoms with Gasteiger partial charge >= 0.3 is 13.8 Å². The Hall–Kier alpha value is -2.36. The molecule has 10 heteroatoms. The first kappa shape index (κ1) is 53.6. The molecule has 0 amide bonds. The van der Waals surface area contributed by atoms with Crippen molar-refractivity contribution in [2.24, 2.45) is 0 Å². The summed E-state index contributed by atoms with van der Waals surface area (Å²) in [5.74, 6) is -0.407. The van der Waals surface area contributed by atoms with Gasteiger partial charge in [-0.05, 0) is 83.5 Å². The topological polar surface area (TPSA) is 132 Å². The number of esters is 1. The van der Waals surface area contributed by atoms with Gasteiger partial charge in [-0.2, -0.15) is 0 Å². The highest BCUT2D eigenvalue weighted by Crippen LogP contribution is 2.43. The second kappa shape index (κ2) is 42.3. The maximum absolute atomic E-state index is 12.6. The van der Waals surface area contributed by atoms with Gasteiger partial charge < -0.3 is 24.6 Å². The molecule has 0 bridgehead atoms. The van der Waals surface area contributed by atoms with Crippen LogP contribution in [0.25, 0.3) is 0 Å². The molecule has 0 aromatic heterocycles. The fourth-order valence-corrected chi connectivity index (χ4v) is 6.09. The Morgan fingerprint density at radius 1 is 0.571 bits per heavy atom. The summed E-state index contributed by atoms with van der Waals surface area (Å²) in [6.07, 6.45) is 51.1. The van der Waals surface area contributed by atoms with E-state index in [1.807, 2.05) is 0 Å². The molecule has 3 atom stereocenters. The SMILES string of the molecule is CC/C=C\C/C=C\C/C=C\C/C=C\C/C=C\CCCCCCCCOCC(COP(=O)(O)OCC(O)CO)OC(=O)CCCCCCC/C=C\C/C=C\CCC. The fraction of sp³-hybridized carbons (Fsp3) is 0.674. The van der Waals surface area contributed by atoms with Crippen LogP contribution >= 0.6 is 7.82 Å². The summed E-state index contributed by atoms with van der Waals surface area (Å²) in [6.45, 7) is 3.26. The molecule has 0 aromatic carbocycles. The summed E-state index contributed by atoms with van der Waals surface area (Å²) in [5, 5.41) is 18.3. The van der Waals surface area contributed by atoms with Crippen molar-refractivity contribution in [3.05, 3.63) is 85.1 Å². The second-order valence-corrected chi connectivity index (χ2v) is 15.4. The van der Waals surface area contributed by atoms with E-state index in [1.165, 1.54) is 25.7 Å². The van der Waals surface area contributed by atoms with E-state index in [1.54, 1.807) is 0 Å². The van der Waals surface area contributed by atoms with Crippen LogP contribution in [0, 0.1) is 0 Å². The number of phosphoric acid groups is 1. The molecular weight excluding hydrogens is 727 g/mol. The van der Waals surface area contributed by atoms with Crippen LogP contribution < -0.4 is 0 Å². The van der Waals surface area contributed by atoms with Crippen LogP contribution in [0.3, 0.4) is 0 Å². The zero-order valence-electron chi connectivity index (χ0n) is 35.1. The molecule has 0 saturated carbocycles. The summed E-state index contributed by atoms with van der Waals surface area (Å²) >= 11 is 0. The van der Waals surface area contributed by atoms with Gasteiger partial charge in [0.2, 0.25) is 0 Å². The van der Waals surface area contributed by atoms with Crippen molar-refractivity contribution in [2.45, 2.75) is 167 Å². The summed E-state index contributed by atoms with van der Waals surface area (Å²) in [6, 6.07) is 0. The summed E-state index contributed by atoms with van der Waals surface area (Å²) in [7, 11) is -4.53. The van der Waals surface area contributed by atoms with Crippen LogP contribution in [0.2, 0.25) is 0 Å². The molecule has 3 N–H and O–H groups in total. The third-order valence-electron chi connectivity index (χ3n) is 8.55. The van der Waals surface area contributed by atoms with E-state index in [4.69, 9.17) is 23.6 Å². The Kier molecular flexibility index (Phi) is 40.5. The quantitative estimate of drug-likeness (QED) is 0.0240. The predicted octanol–water partition coefficient (Wildman–Crippen LogP) is 11.9. The van der Waals surface area contributed by atoms with E-state index in [2.05, 4.69) is 98.9 Å². The number of aliphatic hydroxyl groups is 2. The van der Waals surface area contributed by atoms with Gasteiger partial charge in [0.15, 0.2) is 0 Å². The van der Waals surface area contributed by atoms with Gasteiger partial charge in [0.1, 0.15) is 12.2 Å². The number of rotatable bonds is 40. The zero-order chi connectivity index (χ0) is 41.1. The van der Waals surface area contributed by atoms with Crippen LogP contribution in [-0.4, -0.2) is 66.3 Å². The van der Waals surface area contributed by atoms with Crippen molar-refractivity contribution < 1.29 is 43.0 Å². The molecule has 0 spiro atoms. The molecule has 0 aromatic rings. The van der Waals surface area contributed by atoms with Crippen molar-refractivity contribution in [2.75, 3.05) is 33.0 Å². The van der Waals surface area contributed by atoms with Crippen molar-refractivity contribution in [3.8, 4) is 0 Å². The van der Waals surface area contributed by atoms with E-state index in [9.17, 15) is 19.4 Å². The van der Waals surface area contributed by atoms with Crippen LogP contribution in [-0.2, 0) is 27.9 Å². The predicted molar refractivity (Wildman–Crippen MR) is 232 cm³/mol. The van der Waals surface area contributed by atoms with Crippen LogP contribution in [0.15, 0.2) is 85.1 Å². The lowest BCUT2D eigenvalue weighted by Crippen LogP contribution is -2.29. The maximum atomic E-state index is 12.6. The molecule has 0 aliphatic heterocycles. The van der Waals surface area contributed by atoms with Crippen LogP contribution in [0.4, 0.5) is 0 Å². The number of phosphoric ester groups is 1. The highest BCUT2D eigenvalue weighted by atomic mass is 31.2. The van der Waals surface area contributed by atoms with Gasteiger partial charge in [0, 0.05) is 13.0 Å². The van der Waals surface area contributed by atoms with Crippen molar-refractivity contribution in [1.29, 1.82) is 0 Å². The Labute approximate surface area is 341 Å². The van der Waals surface area contributed by atoms with Gasteiger partial charge in [-0.15, -0.1) is 0 Å². The van der Waals surface area contributed by atoms with Crippen molar-refractivity contribution in [3.63, 3.8) is 0 Å². The molecular formula is C46H79O9P. The minimum Gasteiger partial charge on any atom is -0.457 e. The van der Waals surface area contributed by atoms with Gasteiger partial charge in [-0.3, -0.25) is 13.8 Å². The monoisotopic (exact) mass is 807 g/mol. The molecule has 0 rings (SSSR count). The number of carbonyl (C=O) groups excluding carboxylic acids is 1. The largest absolute Gasteiger partial charge is 0.472 e. The lowest BCUT2D eigenvalue weighted by molar-refractivity contribution is -0.154. The standard InChI is InChI=1S/C46H79O9P/c1-3-5-7-9-11-13-15-17-18-19-20-21-22-23-24-25-27-29-31-33-35-37-39-52-42-45(43-54-56(50,51)53-41-44(48)40-47)55-46(49)38-36-34-32-30-28-26-16-14-12-10-8-6-4-2/h5,7-8,10-11,13-14,16-18,20-21,23-24,44-45,47-48H,3-4,6,9,12,15,19,22,25-43H2,1-2H3,(H,50,51)/b7-5-,10-8-,13-11-,16-14-,18-17-,21-20-,24-23-. The Morgan fingerprint density at radius 3 is 1.54 bits per heavy atom. The average molecular weight is 807 g/mol. The van der Waals surface area contributed by atoms with Crippen molar-refractivity contribution >= 4 is 13.8 Å². The Bertz CT molecular complexity index is 1140. The Morgan fingerprint density at radius 2 is 1.02 bits per heavy atom. The third kappa shape index (κ3) is 41.3. The average Bonchev–Trinajstić information content (AvgIpc) is 3.19. The smallest absolute Gasteiger partial charge is 0.457 e. The van der Waals surface area contributed by atoms with Crippen molar-refractivity contribution in [1.82, 2.24) is 0 Å². The normalized spacial score (nSPS) is 14.9. The number of allylic oxidation sites excluding steroid dienone is 14. The molecule has 0 saturated heterocycles. The molecule has 322 valence electrons. The first-order valence-corrected chi connectivity index (χ1v) is 23.1. The number of hydrogen-bond acceptors (Lipinski definition) is 8. The lowest BCUT2D eigenvalue weighted by atomic mass is 10.1. The van der Waals surface area contributed by atoms with E-state index in [-0.39, 0.29) is 13.0 Å². The number of unbranched alkanes of at least 4 members (excludes halogenated alkanes) is 12. The lowest BCUT2D eigenvalue weighted by Gasteiger charge is -2.20. The van der Waals surface area contributed by atoms with Gasteiger partial charge in [0.25, 0.3) is 0 Å². The molecule has 56 heavy (non-hydrogen) atoms. The summed E-state index contributed by atoms with van der Waals surface area (Å²) < 4.78 is 33.3.